The lowest BCUT2D eigenvalue weighted by Gasteiger charge is -2.29. The molecule has 0 radical (unpaired) electrons. The van der Waals surface area contributed by atoms with Crippen LogP contribution in [0.4, 0.5) is 0 Å². The molecule has 2 atom stereocenters. The number of rotatable bonds is 5. The molecule has 0 amide bonds. The molecule has 2 aliphatic rings. The Morgan fingerprint density at radius 3 is 2.94 bits per heavy atom. The van der Waals surface area contributed by atoms with Crippen molar-refractivity contribution < 1.29 is 0 Å². The molecule has 0 spiro atoms. The van der Waals surface area contributed by atoms with Gasteiger partial charge in [-0.25, -0.2) is 0 Å². The maximum atomic E-state index is 3.79. The van der Waals surface area contributed by atoms with Crippen LogP contribution >= 0.6 is 0 Å². The normalized spacial score (nSPS) is 30.1. The van der Waals surface area contributed by atoms with Crippen molar-refractivity contribution in [2.24, 2.45) is 5.92 Å². The molecule has 0 aromatic rings. The van der Waals surface area contributed by atoms with Gasteiger partial charge in [-0.2, -0.15) is 0 Å². The largest absolute Gasteiger partial charge is 0.314 e. The van der Waals surface area contributed by atoms with Crippen LogP contribution < -0.4 is 5.32 Å². The third-order valence-corrected chi connectivity index (χ3v) is 4.62. The van der Waals surface area contributed by atoms with E-state index in [9.17, 15) is 0 Å². The Morgan fingerprint density at radius 2 is 2.18 bits per heavy atom. The quantitative estimate of drug-likeness (QED) is 0.695. The van der Waals surface area contributed by atoms with Crippen LogP contribution in [-0.4, -0.2) is 12.6 Å². The second-order valence-electron chi connectivity index (χ2n) is 5.95. The molecule has 17 heavy (non-hydrogen) atoms. The minimum Gasteiger partial charge on any atom is -0.314 e. The molecule has 0 aromatic heterocycles. The summed E-state index contributed by atoms with van der Waals surface area (Å²) in [5.41, 5.74) is 1.71. The molecule has 1 N–H and O–H groups in total. The SMILES string of the molecule is CCC1CCCC(NCCC2=CCCCC2)C1. The maximum absolute atomic E-state index is 3.79. The highest BCUT2D eigenvalue weighted by Gasteiger charge is 2.19. The molecule has 1 nitrogen and oxygen atoms in total. The number of hydrogen-bond donors (Lipinski definition) is 1. The first kappa shape index (κ1) is 13.1. The Morgan fingerprint density at radius 1 is 1.24 bits per heavy atom. The Labute approximate surface area is 107 Å². The van der Waals surface area contributed by atoms with Gasteiger partial charge in [0.25, 0.3) is 0 Å². The fourth-order valence-electron chi connectivity index (χ4n) is 3.42. The molecule has 0 aliphatic heterocycles. The van der Waals surface area contributed by atoms with Crippen LogP contribution in [0.2, 0.25) is 0 Å². The smallest absolute Gasteiger partial charge is 0.00698 e. The van der Waals surface area contributed by atoms with Gasteiger partial charge in [-0.1, -0.05) is 37.8 Å². The summed E-state index contributed by atoms with van der Waals surface area (Å²) in [7, 11) is 0. The van der Waals surface area contributed by atoms with Crippen molar-refractivity contribution in [3.8, 4) is 0 Å². The highest BCUT2D eigenvalue weighted by Crippen LogP contribution is 2.26. The summed E-state index contributed by atoms with van der Waals surface area (Å²) in [5, 5.41) is 3.79. The van der Waals surface area contributed by atoms with E-state index in [0.717, 1.165) is 12.0 Å². The predicted molar refractivity (Wildman–Crippen MR) is 75.2 cm³/mol. The van der Waals surface area contributed by atoms with E-state index in [1.165, 1.54) is 70.8 Å². The number of hydrogen-bond acceptors (Lipinski definition) is 1. The molecular formula is C16H29N. The fourth-order valence-corrected chi connectivity index (χ4v) is 3.42. The van der Waals surface area contributed by atoms with E-state index < -0.39 is 0 Å². The maximum Gasteiger partial charge on any atom is 0.00698 e. The minimum atomic E-state index is 0.817. The Hall–Kier alpha value is -0.300. The third-order valence-electron chi connectivity index (χ3n) is 4.62. The lowest BCUT2D eigenvalue weighted by Crippen LogP contribution is -2.34. The summed E-state index contributed by atoms with van der Waals surface area (Å²) < 4.78 is 0. The molecule has 0 bridgehead atoms. The zero-order valence-electron chi connectivity index (χ0n) is 11.5. The van der Waals surface area contributed by atoms with Crippen molar-refractivity contribution in [2.75, 3.05) is 6.54 Å². The molecular weight excluding hydrogens is 206 g/mol. The first-order chi connectivity index (χ1) is 8.38. The first-order valence-corrected chi connectivity index (χ1v) is 7.79. The average molecular weight is 235 g/mol. The minimum absolute atomic E-state index is 0.817. The topological polar surface area (TPSA) is 12.0 Å². The number of allylic oxidation sites excluding steroid dienone is 1. The van der Waals surface area contributed by atoms with Crippen molar-refractivity contribution >= 4 is 0 Å². The van der Waals surface area contributed by atoms with Crippen LogP contribution in [0, 0.1) is 5.92 Å². The van der Waals surface area contributed by atoms with Gasteiger partial charge < -0.3 is 5.32 Å². The monoisotopic (exact) mass is 235 g/mol. The highest BCUT2D eigenvalue weighted by molar-refractivity contribution is 5.05. The van der Waals surface area contributed by atoms with E-state index in [-0.39, 0.29) is 0 Å². The Bertz CT molecular complexity index is 244. The van der Waals surface area contributed by atoms with Crippen LogP contribution in [0.25, 0.3) is 0 Å². The lowest BCUT2D eigenvalue weighted by atomic mass is 9.84. The van der Waals surface area contributed by atoms with E-state index in [2.05, 4.69) is 18.3 Å². The Kier molecular flexibility index (Phi) is 5.57. The van der Waals surface area contributed by atoms with Crippen LogP contribution in [0.3, 0.4) is 0 Å². The summed E-state index contributed by atoms with van der Waals surface area (Å²) in [6.45, 7) is 3.56. The second-order valence-corrected chi connectivity index (χ2v) is 5.95. The highest BCUT2D eigenvalue weighted by atomic mass is 14.9. The van der Waals surface area contributed by atoms with Crippen molar-refractivity contribution in [1.82, 2.24) is 5.32 Å². The van der Waals surface area contributed by atoms with Crippen molar-refractivity contribution in [3.63, 3.8) is 0 Å². The van der Waals surface area contributed by atoms with Gasteiger partial charge in [0, 0.05) is 6.04 Å². The summed E-state index contributed by atoms with van der Waals surface area (Å²) >= 11 is 0. The summed E-state index contributed by atoms with van der Waals surface area (Å²) in [4.78, 5) is 0. The van der Waals surface area contributed by atoms with Crippen molar-refractivity contribution in [2.45, 2.75) is 77.2 Å². The van der Waals surface area contributed by atoms with E-state index in [0.29, 0.717) is 0 Å². The molecule has 0 aromatic carbocycles. The van der Waals surface area contributed by atoms with Gasteiger partial charge in [-0.05, 0) is 57.4 Å². The van der Waals surface area contributed by atoms with Crippen LogP contribution in [0.1, 0.15) is 71.1 Å². The third kappa shape index (κ3) is 4.46. The lowest BCUT2D eigenvalue weighted by molar-refractivity contribution is 0.280. The number of nitrogens with one attached hydrogen (secondary N) is 1. The molecule has 1 fully saturated rings. The molecule has 2 rings (SSSR count). The van der Waals surface area contributed by atoms with Gasteiger partial charge in [0.05, 0.1) is 0 Å². The molecule has 2 aliphatic carbocycles. The predicted octanol–water partition coefficient (Wildman–Crippen LogP) is 4.44. The molecule has 2 unspecified atom stereocenters. The van der Waals surface area contributed by atoms with Gasteiger partial charge in [0.1, 0.15) is 0 Å². The van der Waals surface area contributed by atoms with E-state index in [4.69, 9.17) is 0 Å². The zero-order chi connectivity index (χ0) is 11.9. The van der Waals surface area contributed by atoms with Crippen molar-refractivity contribution in [3.05, 3.63) is 11.6 Å². The summed E-state index contributed by atoms with van der Waals surface area (Å²) in [6, 6.07) is 0.817. The molecule has 0 saturated heterocycles. The molecule has 1 heteroatoms. The Balaban J connectivity index is 1.62. The van der Waals surface area contributed by atoms with Gasteiger partial charge in [-0.3, -0.25) is 0 Å². The van der Waals surface area contributed by atoms with E-state index in [1.807, 2.05) is 0 Å². The van der Waals surface area contributed by atoms with E-state index in [1.54, 1.807) is 5.57 Å². The molecule has 98 valence electrons. The summed E-state index contributed by atoms with van der Waals surface area (Å²) in [5.74, 6) is 0.996. The van der Waals surface area contributed by atoms with Gasteiger partial charge in [0.15, 0.2) is 0 Å². The first-order valence-electron chi connectivity index (χ1n) is 7.79. The van der Waals surface area contributed by atoms with Crippen LogP contribution in [0.15, 0.2) is 11.6 Å². The zero-order valence-corrected chi connectivity index (χ0v) is 11.5. The van der Waals surface area contributed by atoms with Crippen LogP contribution in [-0.2, 0) is 0 Å². The fraction of sp³-hybridized carbons (Fsp3) is 0.875. The van der Waals surface area contributed by atoms with Gasteiger partial charge in [-0.15, -0.1) is 0 Å². The van der Waals surface area contributed by atoms with Gasteiger partial charge >= 0.3 is 0 Å². The average Bonchev–Trinajstić information content (AvgIpc) is 2.40. The van der Waals surface area contributed by atoms with Crippen molar-refractivity contribution in [1.29, 1.82) is 0 Å². The summed E-state index contributed by atoms with van der Waals surface area (Å²) in [6.07, 6.45) is 16.5. The second kappa shape index (κ2) is 7.20. The standard InChI is InChI=1S/C16H29N/c1-2-14-9-6-10-16(13-14)17-12-11-15-7-4-3-5-8-15/h7,14,16-17H,2-6,8-13H2,1H3. The van der Waals surface area contributed by atoms with E-state index >= 15 is 0 Å². The van der Waals surface area contributed by atoms with Crippen LogP contribution in [0.5, 0.6) is 0 Å². The molecule has 0 heterocycles. The molecule has 1 saturated carbocycles. The van der Waals surface area contributed by atoms with Gasteiger partial charge in [0.2, 0.25) is 0 Å².